The van der Waals surface area contributed by atoms with E-state index in [0.717, 1.165) is 11.1 Å². The van der Waals surface area contributed by atoms with E-state index < -0.39 is 6.29 Å². The number of esters is 1. The monoisotopic (exact) mass is 224 g/mol. The first-order valence-electron chi connectivity index (χ1n) is 4.88. The maximum absolute atomic E-state index is 11.4. The number of ether oxygens (including phenoxy) is 3. The van der Waals surface area contributed by atoms with E-state index in [9.17, 15) is 4.79 Å². The molecule has 0 saturated heterocycles. The number of rotatable bonds is 4. The molecular weight excluding hydrogens is 208 g/mol. The fourth-order valence-electron chi connectivity index (χ4n) is 1.54. The Bertz CT molecular complexity index is 369. The summed E-state index contributed by atoms with van der Waals surface area (Å²) in [5, 5.41) is 0. The van der Waals surface area contributed by atoms with E-state index in [4.69, 9.17) is 9.47 Å². The molecule has 0 spiro atoms. The standard InChI is InChI=1S/C12H16O4/c1-8-7-9(12(15-3)16-4)5-6-10(8)11(13)14-2/h5-7,12H,1-4H3. The first-order valence-corrected chi connectivity index (χ1v) is 4.88. The number of carbonyl (C=O) groups excluding carboxylic acids is 1. The molecule has 0 fully saturated rings. The van der Waals surface area contributed by atoms with Gasteiger partial charge in [-0.05, 0) is 18.6 Å². The Morgan fingerprint density at radius 3 is 2.25 bits per heavy atom. The molecule has 1 aromatic carbocycles. The fraction of sp³-hybridized carbons (Fsp3) is 0.417. The summed E-state index contributed by atoms with van der Waals surface area (Å²) in [6.07, 6.45) is -0.412. The third-order valence-corrected chi connectivity index (χ3v) is 2.36. The molecular formula is C12H16O4. The largest absolute Gasteiger partial charge is 0.465 e. The summed E-state index contributed by atoms with van der Waals surface area (Å²) >= 11 is 0. The van der Waals surface area contributed by atoms with Gasteiger partial charge in [0.25, 0.3) is 0 Å². The van der Waals surface area contributed by atoms with Crippen LogP contribution in [-0.2, 0) is 14.2 Å². The normalized spacial score (nSPS) is 10.6. The predicted molar refractivity (Wildman–Crippen MR) is 59.3 cm³/mol. The first-order chi connectivity index (χ1) is 7.63. The summed E-state index contributed by atoms with van der Waals surface area (Å²) < 4.78 is 14.9. The van der Waals surface area contributed by atoms with Gasteiger partial charge in [-0.2, -0.15) is 0 Å². The molecule has 0 aliphatic heterocycles. The molecule has 88 valence electrons. The van der Waals surface area contributed by atoms with Crippen molar-refractivity contribution in [2.45, 2.75) is 13.2 Å². The van der Waals surface area contributed by atoms with Gasteiger partial charge in [-0.1, -0.05) is 12.1 Å². The van der Waals surface area contributed by atoms with Crippen molar-refractivity contribution in [3.8, 4) is 0 Å². The van der Waals surface area contributed by atoms with Crippen LogP contribution < -0.4 is 0 Å². The summed E-state index contributed by atoms with van der Waals surface area (Å²) in [6, 6.07) is 5.35. The van der Waals surface area contributed by atoms with Crippen LogP contribution in [0.3, 0.4) is 0 Å². The molecule has 0 aliphatic carbocycles. The highest BCUT2D eigenvalue weighted by Gasteiger charge is 2.13. The highest BCUT2D eigenvalue weighted by atomic mass is 16.7. The second-order valence-corrected chi connectivity index (χ2v) is 3.37. The molecule has 16 heavy (non-hydrogen) atoms. The molecule has 0 heterocycles. The van der Waals surface area contributed by atoms with Gasteiger partial charge >= 0.3 is 5.97 Å². The smallest absolute Gasteiger partial charge is 0.338 e. The fourth-order valence-corrected chi connectivity index (χ4v) is 1.54. The van der Waals surface area contributed by atoms with Crippen molar-refractivity contribution >= 4 is 5.97 Å². The number of methoxy groups -OCH3 is 3. The second kappa shape index (κ2) is 5.63. The van der Waals surface area contributed by atoms with Crippen LogP contribution in [0.4, 0.5) is 0 Å². The van der Waals surface area contributed by atoms with Gasteiger partial charge in [0.15, 0.2) is 6.29 Å². The minimum Gasteiger partial charge on any atom is -0.465 e. The number of carbonyl (C=O) groups is 1. The molecule has 0 atom stereocenters. The third-order valence-electron chi connectivity index (χ3n) is 2.36. The van der Waals surface area contributed by atoms with Gasteiger partial charge in [0.2, 0.25) is 0 Å². The minimum atomic E-state index is -0.412. The molecule has 0 saturated carbocycles. The predicted octanol–water partition coefficient (Wildman–Crippen LogP) is 2.07. The highest BCUT2D eigenvalue weighted by molar-refractivity contribution is 5.90. The Hall–Kier alpha value is -1.39. The number of hydrogen-bond acceptors (Lipinski definition) is 4. The van der Waals surface area contributed by atoms with Gasteiger partial charge in [0.05, 0.1) is 12.7 Å². The van der Waals surface area contributed by atoms with Crippen molar-refractivity contribution in [2.75, 3.05) is 21.3 Å². The molecule has 0 aromatic heterocycles. The Kier molecular flexibility index (Phi) is 4.46. The van der Waals surface area contributed by atoms with Crippen LogP contribution in [0.1, 0.15) is 27.8 Å². The molecule has 0 N–H and O–H groups in total. The molecule has 4 heteroatoms. The van der Waals surface area contributed by atoms with Crippen LogP contribution >= 0.6 is 0 Å². The summed E-state index contributed by atoms with van der Waals surface area (Å²) in [5.41, 5.74) is 2.26. The van der Waals surface area contributed by atoms with Crippen molar-refractivity contribution in [1.29, 1.82) is 0 Å². The molecule has 1 aromatic rings. The van der Waals surface area contributed by atoms with Crippen LogP contribution in [0.2, 0.25) is 0 Å². The molecule has 0 unspecified atom stereocenters. The van der Waals surface area contributed by atoms with Crippen LogP contribution in [0.5, 0.6) is 0 Å². The lowest BCUT2D eigenvalue weighted by Crippen LogP contribution is -2.07. The van der Waals surface area contributed by atoms with E-state index in [2.05, 4.69) is 4.74 Å². The summed E-state index contributed by atoms with van der Waals surface area (Å²) in [5.74, 6) is -0.338. The van der Waals surface area contributed by atoms with Gasteiger partial charge in [-0.15, -0.1) is 0 Å². The Labute approximate surface area is 95.1 Å². The van der Waals surface area contributed by atoms with E-state index in [1.54, 1.807) is 26.4 Å². The minimum absolute atomic E-state index is 0.338. The van der Waals surface area contributed by atoms with E-state index in [1.165, 1.54) is 7.11 Å². The zero-order valence-electron chi connectivity index (χ0n) is 9.94. The Morgan fingerprint density at radius 1 is 1.19 bits per heavy atom. The van der Waals surface area contributed by atoms with Crippen LogP contribution in [-0.4, -0.2) is 27.3 Å². The Morgan fingerprint density at radius 2 is 1.81 bits per heavy atom. The summed E-state index contributed by atoms with van der Waals surface area (Å²) in [4.78, 5) is 11.4. The molecule has 0 aliphatic rings. The van der Waals surface area contributed by atoms with Gasteiger partial charge in [-0.3, -0.25) is 0 Å². The maximum Gasteiger partial charge on any atom is 0.338 e. The van der Waals surface area contributed by atoms with Crippen molar-refractivity contribution in [2.24, 2.45) is 0 Å². The molecule has 0 bridgehead atoms. The maximum atomic E-state index is 11.4. The van der Waals surface area contributed by atoms with Crippen molar-refractivity contribution in [1.82, 2.24) is 0 Å². The number of aryl methyl sites for hydroxylation is 1. The molecule has 4 nitrogen and oxygen atoms in total. The molecule has 0 amide bonds. The topological polar surface area (TPSA) is 44.8 Å². The summed E-state index contributed by atoms with van der Waals surface area (Å²) in [6.45, 7) is 1.85. The van der Waals surface area contributed by atoms with E-state index in [0.29, 0.717) is 5.56 Å². The second-order valence-electron chi connectivity index (χ2n) is 3.37. The molecule has 0 radical (unpaired) electrons. The van der Waals surface area contributed by atoms with Gasteiger partial charge in [0.1, 0.15) is 0 Å². The van der Waals surface area contributed by atoms with E-state index in [1.807, 2.05) is 13.0 Å². The summed E-state index contributed by atoms with van der Waals surface area (Å²) in [7, 11) is 4.50. The average molecular weight is 224 g/mol. The quantitative estimate of drug-likeness (QED) is 0.580. The van der Waals surface area contributed by atoms with Gasteiger partial charge in [-0.25, -0.2) is 4.79 Å². The van der Waals surface area contributed by atoms with Gasteiger partial charge in [0, 0.05) is 19.8 Å². The van der Waals surface area contributed by atoms with Gasteiger partial charge < -0.3 is 14.2 Å². The number of hydrogen-bond donors (Lipinski definition) is 0. The lowest BCUT2D eigenvalue weighted by atomic mass is 10.0. The van der Waals surface area contributed by atoms with Crippen LogP contribution in [0.15, 0.2) is 18.2 Å². The van der Waals surface area contributed by atoms with E-state index >= 15 is 0 Å². The molecule has 1 rings (SSSR count). The van der Waals surface area contributed by atoms with Crippen molar-refractivity contribution in [3.63, 3.8) is 0 Å². The van der Waals surface area contributed by atoms with E-state index in [-0.39, 0.29) is 5.97 Å². The van der Waals surface area contributed by atoms with Crippen molar-refractivity contribution in [3.05, 3.63) is 34.9 Å². The highest BCUT2D eigenvalue weighted by Crippen LogP contribution is 2.20. The SMILES string of the molecule is COC(=O)c1ccc(C(OC)OC)cc1C. The lowest BCUT2D eigenvalue weighted by molar-refractivity contribution is -0.106. The Balaban J connectivity index is 3.03. The first kappa shape index (κ1) is 12.7. The average Bonchev–Trinajstić information content (AvgIpc) is 2.30. The zero-order valence-corrected chi connectivity index (χ0v) is 9.94. The number of benzene rings is 1. The lowest BCUT2D eigenvalue weighted by Gasteiger charge is -2.15. The van der Waals surface area contributed by atoms with Crippen LogP contribution in [0.25, 0.3) is 0 Å². The van der Waals surface area contributed by atoms with Crippen molar-refractivity contribution < 1.29 is 19.0 Å². The van der Waals surface area contributed by atoms with Crippen LogP contribution in [0, 0.1) is 6.92 Å². The third kappa shape index (κ3) is 2.59. The zero-order chi connectivity index (χ0) is 12.1.